The molecule has 1 N–H and O–H groups in total. The van der Waals surface area contributed by atoms with E-state index in [1.54, 1.807) is 0 Å². The van der Waals surface area contributed by atoms with Gasteiger partial charge in [0.25, 0.3) is 0 Å². The summed E-state index contributed by atoms with van der Waals surface area (Å²) in [6.45, 7) is 6.76. The number of halogens is 3. The predicted octanol–water partition coefficient (Wildman–Crippen LogP) is 4.77. The van der Waals surface area contributed by atoms with Crippen LogP contribution in [0, 0.1) is 0 Å². The molecule has 1 saturated heterocycles. The van der Waals surface area contributed by atoms with E-state index < -0.39 is 0 Å². The first-order valence-electron chi connectivity index (χ1n) is 7.00. The Kier molecular flexibility index (Phi) is 11.4. The molecule has 1 aliphatic heterocycles. The molecule has 1 aromatic rings. The van der Waals surface area contributed by atoms with Gasteiger partial charge in [-0.25, -0.2) is 0 Å². The molecular weight excluding hydrogens is 335 g/mol. The molecule has 20 heavy (non-hydrogen) atoms. The van der Waals surface area contributed by atoms with Gasteiger partial charge >= 0.3 is 0 Å². The molecule has 0 unspecified atom stereocenters. The second-order valence-corrected chi connectivity index (χ2v) is 6.29. The third-order valence-corrected chi connectivity index (χ3v) is 5.08. The fraction of sp³-hybridized carbons (Fsp3) is 0.714. The molecule has 1 aliphatic rings. The lowest BCUT2D eigenvalue weighted by Gasteiger charge is -2.34. The van der Waals surface area contributed by atoms with Crippen LogP contribution in [0.3, 0.4) is 0 Å². The summed E-state index contributed by atoms with van der Waals surface area (Å²) in [6.07, 6.45) is 5.16. The van der Waals surface area contributed by atoms with Gasteiger partial charge in [-0.1, -0.05) is 37.8 Å². The molecule has 0 aliphatic carbocycles. The third-order valence-electron chi connectivity index (χ3n) is 3.62. The highest BCUT2D eigenvalue weighted by Gasteiger charge is 2.24. The Morgan fingerprint density at radius 3 is 2.55 bits per heavy atom. The molecule has 118 valence electrons. The van der Waals surface area contributed by atoms with Crippen LogP contribution in [0.4, 0.5) is 0 Å². The summed E-state index contributed by atoms with van der Waals surface area (Å²) in [5.41, 5.74) is 0. The average Bonchev–Trinajstić information content (AvgIpc) is 2.82. The Hall–Kier alpha value is 0.490. The van der Waals surface area contributed by atoms with Crippen LogP contribution in [-0.2, 0) is 0 Å². The number of piperazine rings is 1. The van der Waals surface area contributed by atoms with Gasteiger partial charge in [0.05, 0.1) is 5.02 Å². The molecule has 6 heteroatoms. The maximum Gasteiger partial charge on any atom is 0.0561 e. The van der Waals surface area contributed by atoms with Crippen LogP contribution in [0.2, 0.25) is 5.02 Å². The molecule has 0 aromatic carbocycles. The fourth-order valence-corrected chi connectivity index (χ4v) is 3.96. The van der Waals surface area contributed by atoms with Crippen molar-refractivity contribution in [2.45, 2.75) is 38.6 Å². The van der Waals surface area contributed by atoms with Gasteiger partial charge in [0.1, 0.15) is 0 Å². The van der Waals surface area contributed by atoms with Gasteiger partial charge < -0.3 is 5.32 Å². The van der Waals surface area contributed by atoms with Crippen molar-refractivity contribution < 1.29 is 0 Å². The van der Waals surface area contributed by atoms with E-state index in [9.17, 15) is 0 Å². The highest BCUT2D eigenvalue weighted by atomic mass is 35.5. The van der Waals surface area contributed by atoms with Gasteiger partial charge in [0, 0.05) is 37.1 Å². The Labute approximate surface area is 144 Å². The SMILES string of the molecule is CCCCC[C@H](c1sccc1Cl)N1CCNCC1.Cl.Cl. The molecule has 0 amide bonds. The molecule has 1 aromatic heterocycles. The van der Waals surface area contributed by atoms with Gasteiger partial charge in [0.15, 0.2) is 0 Å². The van der Waals surface area contributed by atoms with Crippen molar-refractivity contribution in [3.05, 3.63) is 21.3 Å². The summed E-state index contributed by atoms with van der Waals surface area (Å²) in [4.78, 5) is 3.97. The van der Waals surface area contributed by atoms with E-state index in [2.05, 4.69) is 22.5 Å². The van der Waals surface area contributed by atoms with E-state index in [0.29, 0.717) is 6.04 Å². The fourth-order valence-electron chi connectivity index (χ4n) is 2.60. The van der Waals surface area contributed by atoms with Gasteiger partial charge in [0.2, 0.25) is 0 Å². The van der Waals surface area contributed by atoms with E-state index in [-0.39, 0.29) is 24.8 Å². The lowest BCUT2D eigenvalue weighted by molar-refractivity contribution is 0.165. The van der Waals surface area contributed by atoms with Crippen molar-refractivity contribution in [3.8, 4) is 0 Å². The Morgan fingerprint density at radius 1 is 1.30 bits per heavy atom. The molecule has 2 heterocycles. The summed E-state index contributed by atoms with van der Waals surface area (Å²) in [7, 11) is 0. The summed E-state index contributed by atoms with van der Waals surface area (Å²) < 4.78 is 0. The van der Waals surface area contributed by atoms with Gasteiger partial charge in [-0.3, -0.25) is 4.90 Å². The summed E-state index contributed by atoms with van der Waals surface area (Å²) in [6, 6.07) is 2.57. The van der Waals surface area contributed by atoms with E-state index in [4.69, 9.17) is 11.6 Å². The van der Waals surface area contributed by atoms with Crippen LogP contribution in [0.1, 0.15) is 43.5 Å². The number of nitrogens with zero attached hydrogens (tertiary/aromatic N) is 1. The van der Waals surface area contributed by atoms with Gasteiger partial charge in [-0.05, 0) is 17.9 Å². The summed E-state index contributed by atoms with van der Waals surface area (Å²) >= 11 is 8.15. The molecule has 0 saturated carbocycles. The number of nitrogens with one attached hydrogen (secondary N) is 1. The predicted molar refractivity (Wildman–Crippen MR) is 95.2 cm³/mol. The van der Waals surface area contributed by atoms with Gasteiger partial charge in [-0.15, -0.1) is 36.2 Å². The minimum Gasteiger partial charge on any atom is -0.314 e. The summed E-state index contributed by atoms with van der Waals surface area (Å²) in [5, 5.41) is 6.50. The number of unbranched alkanes of at least 4 members (excludes halogenated alkanes) is 2. The van der Waals surface area contributed by atoms with Crippen LogP contribution in [0.5, 0.6) is 0 Å². The molecule has 1 fully saturated rings. The summed E-state index contributed by atoms with van der Waals surface area (Å²) in [5.74, 6) is 0. The van der Waals surface area contributed by atoms with Crippen molar-refractivity contribution in [1.29, 1.82) is 0 Å². The first-order valence-corrected chi connectivity index (χ1v) is 8.26. The standard InChI is InChI=1S/C14H23ClN2S.2ClH/c1-2-3-4-5-13(14-12(15)6-11-18-14)17-9-7-16-8-10-17;;/h6,11,13,16H,2-5,7-10H2,1H3;2*1H/t13-;;/m1../s1. The van der Waals surface area contributed by atoms with Crippen molar-refractivity contribution in [2.75, 3.05) is 26.2 Å². The maximum atomic E-state index is 6.33. The van der Waals surface area contributed by atoms with Crippen LogP contribution in [0.15, 0.2) is 11.4 Å². The van der Waals surface area contributed by atoms with E-state index in [0.717, 1.165) is 31.2 Å². The third kappa shape index (κ3) is 5.70. The minimum absolute atomic E-state index is 0. The Bertz CT molecular complexity index is 354. The lowest BCUT2D eigenvalue weighted by Crippen LogP contribution is -2.45. The van der Waals surface area contributed by atoms with Crippen LogP contribution < -0.4 is 5.32 Å². The topological polar surface area (TPSA) is 15.3 Å². The number of rotatable bonds is 6. The quantitative estimate of drug-likeness (QED) is 0.736. The zero-order valence-electron chi connectivity index (χ0n) is 11.9. The second kappa shape index (κ2) is 11.1. The van der Waals surface area contributed by atoms with Crippen molar-refractivity contribution >= 4 is 47.8 Å². The van der Waals surface area contributed by atoms with E-state index in [1.807, 2.05) is 17.4 Å². The van der Waals surface area contributed by atoms with E-state index >= 15 is 0 Å². The minimum atomic E-state index is 0. The lowest BCUT2D eigenvalue weighted by atomic mass is 10.0. The molecule has 1 atom stereocenters. The van der Waals surface area contributed by atoms with Crippen LogP contribution >= 0.6 is 47.8 Å². The van der Waals surface area contributed by atoms with Crippen molar-refractivity contribution in [1.82, 2.24) is 10.2 Å². The zero-order valence-corrected chi connectivity index (χ0v) is 15.1. The molecule has 2 rings (SSSR count). The smallest absolute Gasteiger partial charge is 0.0561 e. The first kappa shape index (κ1) is 20.5. The number of hydrogen-bond donors (Lipinski definition) is 1. The highest BCUT2D eigenvalue weighted by molar-refractivity contribution is 7.10. The largest absolute Gasteiger partial charge is 0.314 e. The normalized spacial score (nSPS) is 17.1. The molecule has 0 spiro atoms. The molecule has 0 radical (unpaired) electrons. The zero-order chi connectivity index (χ0) is 12.8. The maximum absolute atomic E-state index is 6.33. The second-order valence-electron chi connectivity index (χ2n) is 4.93. The Morgan fingerprint density at radius 2 is 2.00 bits per heavy atom. The number of hydrogen-bond acceptors (Lipinski definition) is 3. The molecule has 0 bridgehead atoms. The van der Waals surface area contributed by atoms with Crippen molar-refractivity contribution in [2.24, 2.45) is 0 Å². The van der Waals surface area contributed by atoms with Crippen molar-refractivity contribution in [3.63, 3.8) is 0 Å². The Balaban J connectivity index is 0.00000180. The molecule has 2 nitrogen and oxygen atoms in total. The monoisotopic (exact) mass is 358 g/mol. The van der Waals surface area contributed by atoms with Gasteiger partial charge in [-0.2, -0.15) is 0 Å². The van der Waals surface area contributed by atoms with E-state index in [1.165, 1.54) is 30.6 Å². The average molecular weight is 360 g/mol. The van der Waals surface area contributed by atoms with Crippen LogP contribution in [0.25, 0.3) is 0 Å². The first-order chi connectivity index (χ1) is 8.83. The molecular formula is C14H25Cl3N2S. The number of thiophene rings is 1. The van der Waals surface area contributed by atoms with Crippen LogP contribution in [-0.4, -0.2) is 31.1 Å². The highest BCUT2D eigenvalue weighted by Crippen LogP contribution is 2.35.